The van der Waals surface area contributed by atoms with Gasteiger partial charge < -0.3 is 4.74 Å². The maximum atomic E-state index is 5.67. The fraction of sp³-hybridized carbons (Fsp3) is 0.600. The van der Waals surface area contributed by atoms with Gasteiger partial charge in [0.25, 0.3) is 0 Å². The lowest BCUT2D eigenvalue weighted by Crippen LogP contribution is -2.09. The van der Waals surface area contributed by atoms with Crippen molar-refractivity contribution < 1.29 is 4.74 Å². The molecule has 0 saturated heterocycles. The molecule has 0 aliphatic heterocycles. The lowest BCUT2D eigenvalue weighted by atomic mass is 9.90. The standard InChI is InChI=1S/C15H21BrO/c1-10(2)17-13-6-4-12(5-7-13)14-8-9-15(16)11(14)3/h4-7,10-11,14-15H,8-9H2,1-3H3. The van der Waals surface area contributed by atoms with Crippen LogP contribution in [-0.4, -0.2) is 10.9 Å². The molecule has 0 bridgehead atoms. The van der Waals surface area contributed by atoms with Gasteiger partial charge in [-0.25, -0.2) is 0 Å². The number of ether oxygens (including phenoxy) is 1. The highest BCUT2D eigenvalue weighted by Gasteiger charge is 2.31. The van der Waals surface area contributed by atoms with Crippen LogP contribution >= 0.6 is 15.9 Å². The maximum absolute atomic E-state index is 5.67. The third-order valence-corrected chi connectivity index (χ3v) is 4.93. The van der Waals surface area contributed by atoms with Gasteiger partial charge in [-0.05, 0) is 56.2 Å². The fourth-order valence-corrected chi connectivity index (χ4v) is 3.29. The monoisotopic (exact) mass is 296 g/mol. The van der Waals surface area contributed by atoms with Gasteiger partial charge >= 0.3 is 0 Å². The summed E-state index contributed by atoms with van der Waals surface area (Å²) < 4.78 is 5.67. The van der Waals surface area contributed by atoms with Crippen LogP contribution in [0.15, 0.2) is 24.3 Å². The number of halogens is 1. The molecular formula is C15H21BrO. The van der Waals surface area contributed by atoms with Crippen molar-refractivity contribution in [3.8, 4) is 5.75 Å². The zero-order valence-corrected chi connectivity index (χ0v) is 12.4. The van der Waals surface area contributed by atoms with Crippen LogP contribution in [0.1, 0.15) is 45.1 Å². The first-order chi connectivity index (χ1) is 8.08. The summed E-state index contributed by atoms with van der Waals surface area (Å²) >= 11 is 3.76. The summed E-state index contributed by atoms with van der Waals surface area (Å²) in [5.74, 6) is 2.41. The van der Waals surface area contributed by atoms with E-state index in [1.165, 1.54) is 18.4 Å². The third kappa shape index (κ3) is 3.04. The van der Waals surface area contributed by atoms with E-state index in [4.69, 9.17) is 4.74 Å². The SMILES string of the molecule is CC(C)Oc1ccc(C2CCC(Br)C2C)cc1. The van der Waals surface area contributed by atoms with Gasteiger partial charge in [0.15, 0.2) is 0 Å². The summed E-state index contributed by atoms with van der Waals surface area (Å²) in [6.07, 6.45) is 2.83. The number of alkyl halides is 1. The molecule has 1 aliphatic carbocycles. The molecule has 3 atom stereocenters. The average Bonchev–Trinajstić information content (AvgIpc) is 2.60. The molecule has 1 nitrogen and oxygen atoms in total. The van der Waals surface area contributed by atoms with Crippen molar-refractivity contribution in [1.29, 1.82) is 0 Å². The maximum Gasteiger partial charge on any atom is 0.119 e. The van der Waals surface area contributed by atoms with Crippen LogP contribution in [0.5, 0.6) is 5.75 Å². The Balaban J connectivity index is 2.08. The van der Waals surface area contributed by atoms with E-state index in [0.717, 1.165) is 11.7 Å². The topological polar surface area (TPSA) is 9.23 Å². The summed E-state index contributed by atoms with van der Waals surface area (Å²) in [7, 11) is 0. The molecule has 17 heavy (non-hydrogen) atoms. The van der Waals surface area contributed by atoms with Gasteiger partial charge in [0.2, 0.25) is 0 Å². The predicted octanol–water partition coefficient (Wildman–Crippen LogP) is 4.75. The summed E-state index contributed by atoms with van der Waals surface area (Å²) in [4.78, 5) is 0.680. The minimum Gasteiger partial charge on any atom is -0.491 e. The van der Waals surface area contributed by atoms with Crippen LogP contribution in [0.25, 0.3) is 0 Å². The number of rotatable bonds is 3. The van der Waals surface area contributed by atoms with Crippen molar-refractivity contribution in [2.75, 3.05) is 0 Å². The van der Waals surface area contributed by atoms with Crippen molar-refractivity contribution in [3.63, 3.8) is 0 Å². The second-order valence-corrected chi connectivity index (χ2v) is 6.47. The highest BCUT2D eigenvalue weighted by Crippen LogP contribution is 2.43. The van der Waals surface area contributed by atoms with Crippen molar-refractivity contribution in [3.05, 3.63) is 29.8 Å². The van der Waals surface area contributed by atoms with Gasteiger partial charge in [-0.3, -0.25) is 0 Å². The first kappa shape index (κ1) is 12.9. The lowest BCUT2D eigenvalue weighted by Gasteiger charge is -2.18. The van der Waals surface area contributed by atoms with E-state index in [2.05, 4.69) is 61.0 Å². The van der Waals surface area contributed by atoms with Gasteiger partial charge in [-0.1, -0.05) is 35.0 Å². The zero-order valence-electron chi connectivity index (χ0n) is 10.8. The van der Waals surface area contributed by atoms with Gasteiger partial charge in [0.1, 0.15) is 5.75 Å². The van der Waals surface area contributed by atoms with Crippen LogP contribution in [0, 0.1) is 5.92 Å². The van der Waals surface area contributed by atoms with E-state index in [1.807, 2.05) is 0 Å². The van der Waals surface area contributed by atoms with Crippen LogP contribution in [-0.2, 0) is 0 Å². The van der Waals surface area contributed by atoms with Crippen LogP contribution in [0.4, 0.5) is 0 Å². The van der Waals surface area contributed by atoms with E-state index in [0.29, 0.717) is 10.7 Å². The summed E-state index contributed by atoms with van der Waals surface area (Å²) in [6, 6.07) is 8.65. The fourth-order valence-electron chi connectivity index (χ4n) is 2.65. The molecule has 0 radical (unpaired) electrons. The molecule has 0 heterocycles. The largest absolute Gasteiger partial charge is 0.491 e. The molecule has 1 fully saturated rings. The Kier molecular flexibility index (Phi) is 4.13. The number of hydrogen-bond acceptors (Lipinski definition) is 1. The van der Waals surface area contributed by atoms with E-state index in [1.54, 1.807) is 0 Å². The van der Waals surface area contributed by atoms with Crippen LogP contribution < -0.4 is 4.74 Å². The van der Waals surface area contributed by atoms with E-state index in [-0.39, 0.29) is 6.10 Å². The minimum absolute atomic E-state index is 0.248. The zero-order chi connectivity index (χ0) is 12.4. The molecule has 94 valence electrons. The molecule has 0 aromatic heterocycles. The highest BCUT2D eigenvalue weighted by atomic mass is 79.9. The molecule has 2 heteroatoms. The molecule has 1 aromatic rings. The first-order valence-corrected chi connectivity index (χ1v) is 7.40. The van der Waals surface area contributed by atoms with Gasteiger partial charge in [-0.2, -0.15) is 0 Å². The average molecular weight is 297 g/mol. The molecule has 1 aromatic carbocycles. The van der Waals surface area contributed by atoms with E-state index >= 15 is 0 Å². The normalized spacial score (nSPS) is 28.6. The summed E-state index contributed by atoms with van der Waals surface area (Å²) in [5.41, 5.74) is 1.45. The Morgan fingerprint density at radius 1 is 1.18 bits per heavy atom. The Bertz CT molecular complexity index is 358. The molecule has 0 spiro atoms. The quantitative estimate of drug-likeness (QED) is 0.731. The molecule has 2 rings (SSSR count). The Hall–Kier alpha value is -0.500. The van der Waals surface area contributed by atoms with Crippen LogP contribution in [0.2, 0.25) is 0 Å². The summed E-state index contributed by atoms with van der Waals surface area (Å²) in [6.45, 7) is 6.46. The second-order valence-electron chi connectivity index (χ2n) is 5.29. The van der Waals surface area contributed by atoms with E-state index in [9.17, 15) is 0 Å². The van der Waals surface area contributed by atoms with Gasteiger partial charge in [-0.15, -0.1) is 0 Å². The molecule has 0 amide bonds. The van der Waals surface area contributed by atoms with Gasteiger partial charge in [0, 0.05) is 4.83 Å². The number of hydrogen-bond donors (Lipinski definition) is 0. The Morgan fingerprint density at radius 3 is 2.29 bits per heavy atom. The van der Waals surface area contributed by atoms with Gasteiger partial charge in [0.05, 0.1) is 6.10 Å². The smallest absolute Gasteiger partial charge is 0.119 e. The predicted molar refractivity (Wildman–Crippen MR) is 76.1 cm³/mol. The van der Waals surface area contributed by atoms with Crippen molar-refractivity contribution >= 4 is 15.9 Å². The lowest BCUT2D eigenvalue weighted by molar-refractivity contribution is 0.242. The third-order valence-electron chi connectivity index (χ3n) is 3.64. The first-order valence-electron chi connectivity index (χ1n) is 6.48. The van der Waals surface area contributed by atoms with Crippen molar-refractivity contribution in [2.45, 2.75) is 50.5 Å². The van der Waals surface area contributed by atoms with Crippen molar-refractivity contribution in [2.24, 2.45) is 5.92 Å². The Labute approximate surface area is 113 Å². The molecular weight excluding hydrogens is 276 g/mol. The molecule has 3 unspecified atom stereocenters. The highest BCUT2D eigenvalue weighted by molar-refractivity contribution is 9.09. The Morgan fingerprint density at radius 2 is 1.82 bits per heavy atom. The number of benzene rings is 1. The molecule has 1 saturated carbocycles. The molecule has 1 aliphatic rings. The van der Waals surface area contributed by atoms with E-state index < -0.39 is 0 Å². The summed E-state index contributed by atoms with van der Waals surface area (Å²) in [5, 5.41) is 0. The van der Waals surface area contributed by atoms with Crippen molar-refractivity contribution in [1.82, 2.24) is 0 Å². The minimum atomic E-state index is 0.248. The molecule has 0 N–H and O–H groups in total. The second kappa shape index (κ2) is 5.43. The van der Waals surface area contributed by atoms with Crippen LogP contribution in [0.3, 0.4) is 0 Å².